The first-order chi connectivity index (χ1) is 8.68. The van der Waals surface area contributed by atoms with Gasteiger partial charge >= 0.3 is 0 Å². The fraction of sp³-hybridized carbons (Fsp3) is 0.0769. The van der Waals surface area contributed by atoms with Crippen molar-refractivity contribution in [2.75, 3.05) is 0 Å². The van der Waals surface area contributed by atoms with Crippen LogP contribution < -0.4 is 0 Å². The van der Waals surface area contributed by atoms with Gasteiger partial charge in [-0.25, -0.2) is 0 Å². The van der Waals surface area contributed by atoms with Gasteiger partial charge in [-0.05, 0) is 12.1 Å². The summed E-state index contributed by atoms with van der Waals surface area (Å²) in [6.45, 7) is 0. The van der Waals surface area contributed by atoms with Crippen LogP contribution in [-0.4, -0.2) is 14.3 Å². The van der Waals surface area contributed by atoms with Crippen LogP contribution in [0.3, 0.4) is 0 Å². The molecule has 0 saturated heterocycles. The topological polar surface area (TPSA) is 25.8 Å². The van der Waals surface area contributed by atoms with Crippen molar-refractivity contribution in [3.63, 3.8) is 0 Å². The molecule has 5 heteroatoms. The third kappa shape index (κ3) is 3.22. The van der Waals surface area contributed by atoms with Crippen LogP contribution >= 0.6 is 34.8 Å². The zero-order valence-corrected chi connectivity index (χ0v) is 11.5. The van der Waals surface area contributed by atoms with Crippen LogP contribution in [0.15, 0.2) is 48.8 Å². The lowest BCUT2D eigenvalue weighted by atomic mass is 10.1. The van der Waals surface area contributed by atoms with Gasteiger partial charge in [0.05, 0.1) is 11.0 Å². The van der Waals surface area contributed by atoms with Gasteiger partial charge in [-0.15, -0.1) is 0 Å². The number of benzene rings is 1. The Morgan fingerprint density at radius 2 is 1.11 bits per heavy atom. The molecular formula is C13H9Cl3N2. The number of aromatic nitrogens is 2. The molecule has 3 rings (SSSR count). The Morgan fingerprint density at radius 1 is 0.722 bits per heavy atom. The highest BCUT2D eigenvalue weighted by atomic mass is 35.6. The van der Waals surface area contributed by atoms with Crippen LogP contribution in [-0.2, 0) is 0 Å². The van der Waals surface area contributed by atoms with Crippen LogP contribution in [0.1, 0.15) is 0 Å². The number of pyridine rings is 2. The molecule has 0 aliphatic heterocycles. The summed E-state index contributed by atoms with van der Waals surface area (Å²) in [6.07, 6.45) is 3.60. The van der Waals surface area contributed by atoms with Gasteiger partial charge in [-0.1, -0.05) is 59.1 Å². The van der Waals surface area contributed by atoms with Gasteiger partial charge in [0, 0.05) is 23.2 Å². The molecule has 0 N–H and O–H groups in total. The maximum absolute atomic E-state index is 4.81. The van der Waals surface area contributed by atoms with Gasteiger partial charge in [0.15, 0.2) is 4.30 Å². The Bertz CT molecular complexity index is 598. The van der Waals surface area contributed by atoms with E-state index in [2.05, 4.69) is 34.2 Å². The molecule has 0 saturated carbocycles. The highest BCUT2D eigenvalue weighted by Gasteiger charge is 2.00. The molecule has 3 aromatic rings. The normalized spacial score (nSPS) is 10.4. The number of halogens is 3. The zero-order chi connectivity index (χ0) is 13.0. The number of fused-ring (bicyclic) bond motifs is 3. The third-order valence-corrected chi connectivity index (χ3v) is 2.34. The smallest absolute Gasteiger partial charge is 0.180 e. The second-order valence-corrected chi connectivity index (χ2v) is 5.44. The van der Waals surface area contributed by atoms with Crippen molar-refractivity contribution in [1.82, 2.24) is 9.97 Å². The van der Waals surface area contributed by atoms with Crippen molar-refractivity contribution >= 4 is 56.6 Å². The molecular weight excluding hydrogens is 291 g/mol. The number of hydrogen-bond acceptors (Lipinski definition) is 2. The Morgan fingerprint density at radius 3 is 1.50 bits per heavy atom. The van der Waals surface area contributed by atoms with Crippen molar-refractivity contribution in [2.24, 2.45) is 0 Å². The lowest BCUT2D eigenvalue weighted by Crippen LogP contribution is -1.83. The molecule has 18 heavy (non-hydrogen) atoms. The summed E-state index contributed by atoms with van der Waals surface area (Å²) in [6, 6.07) is 12.1. The van der Waals surface area contributed by atoms with Crippen molar-refractivity contribution in [3.05, 3.63) is 48.8 Å². The van der Waals surface area contributed by atoms with Crippen molar-refractivity contribution < 1.29 is 0 Å². The van der Waals surface area contributed by atoms with Crippen LogP contribution in [0.25, 0.3) is 21.8 Å². The standard InChI is InChI=1S/C12H8N2.CHCl3/c1-3-9-5-6-10-4-2-8-14-12(10)11(9)13-7-1;2-1(3)4/h1-8H;1H. The lowest BCUT2D eigenvalue weighted by molar-refractivity contribution is 1.37. The Labute approximate surface area is 120 Å². The average Bonchev–Trinajstić information content (AvgIpc) is 2.38. The quantitative estimate of drug-likeness (QED) is 0.441. The van der Waals surface area contributed by atoms with Crippen LogP contribution in [0.5, 0.6) is 0 Å². The first-order valence-electron chi connectivity index (χ1n) is 5.19. The molecule has 0 aliphatic rings. The van der Waals surface area contributed by atoms with Gasteiger partial charge in [-0.2, -0.15) is 0 Å². The summed E-state index contributed by atoms with van der Waals surface area (Å²) in [5.74, 6) is 0. The molecule has 0 amide bonds. The fourth-order valence-corrected chi connectivity index (χ4v) is 1.68. The molecule has 0 atom stereocenters. The SMILES string of the molecule is ClC(Cl)Cl.c1cnc2c(c1)ccc1cccnc12. The van der Waals surface area contributed by atoms with E-state index in [1.54, 1.807) is 12.4 Å². The molecule has 0 fully saturated rings. The van der Waals surface area contributed by atoms with Crippen molar-refractivity contribution in [1.29, 1.82) is 0 Å². The monoisotopic (exact) mass is 298 g/mol. The summed E-state index contributed by atoms with van der Waals surface area (Å²) >= 11 is 14.4. The molecule has 2 heterocycles. The van der Waals surface area contributed by atoms with Crippen molar-refractivity contribution in [3.8, 4) is 0 Å². The van der Waals surface area contributed by atoms with E-state index in [4.69, 9.17) is 34.8 Å². The first kappa shape index (κ1) is 13.3. The van der Waals surface area contributed by atoms with Gasteiger partial charge in [-0.3, -0.25) is 9.97 Å². The molecule has 92 valence electrons. The molecule has 1 aromatic carbocycles. The second-order valence-electron chi connectivity index (χ2n) is 3.46. The van der Waals surface area contributed by atoms with Crippen molar-refractivity contribution in [2.45, 2.75) is 4.30 Å². The largest absolute Gasteiger partial charge is 0.254 e. The van der Waals surface area contributed by atoms with E-state index in [-0.39, 0.29) is 0 Å². The minimum Gasteiger partial charge on any atom is -0.254 e. The average molecular weight is 300 g/mol. The van der Waals surface area contributed by atoms with E-state index in [1.807, 2.05) is 12.1 Å². The molecule has 2 nitrogen and oxygen atoms in total. The highest BCUT2D eigenvalue weighted by molar-refractivity contribution is 6.63. The zero-order valence-electron chi connectivity index (χ0n) is 9.22. The predicted octanol–water partition coefficient (Wildman–Crippen LogP) is 4.77. The van der Waals surface area contributed by atoms with E-state index >= 15 is 0 Å². The fourth-order valence-electron chi connectivity index (χ4n) is 1.68. The molecule has 0 aliphatic carbocycles. The minimum absolute atomic E-state index is 0.750. The van der Waals surface area contributed by atoms with Gasteiger partial charge in [0.2, 0.25) is 0 Å². The Balaban J connectivity index is 0.000000267. The van der Waals surface area contributed by atoms with Crippen LogP contribution in [0.2, 0.25) is 0 Å². The van der Waals surface area contributed by atoms with E-state index in [0.29, 0.717) is 0 Å². The first-order valence-corrected chi connectivity index (χ1v) is 6.50. The summed E-state index contributed by atoms with van der Waals surface area (Å²) in [7, 11) is 0. The molecule has 0 bridgehead atoms. The van der Waals surface area contributed by atoms with Crippen LogP contribution in [0.4, 0.5) is 0 Å². The summed E-state index contributed by atoms with van der Waals surface area (Å²) in [4.78, 5) is 8.69. The number of alkyl halides is 3. The Hall–Kier alpha value is -1.09. The predicted molar refractivity (Wildman–Crippen MR) is 78.4 cm³/mol. The summed E-state index contributed by atoms with van der Waals surface area (Å²) in [5, 5.41) is 2.28. The van der Waals surface area contributed by atoms with Crippen LogP contribution in [0, 0.1) is 0 Å². The highest BCUT2D eigenvalue weighted by Crippen LogP contribution is 2.20. The van der Waals surface area contributed by atoms with Gasteiger partial charge < -0.3 is 0 Å². The van der Waals surface area contributed by atoms with E-state index in [9.17, 15) is 0 Å². The molecule has 0 spiro atoms. The minimum atomic E-state index is -0.750. The second kappa shape index (κ2) is 6.19. The maximum atomic E-state index is 4.81. The third-order valence-electron chi connectivity index (χ3n) is 2.34. The Kier molecular flexibility index (Phi) is 4.59. The molecule has 2 aromatic heterocycles. The maximum Gasteiger partial charge on any atom is 0.180 e. The van der Waals surface area contributed by atoms with E-state index in [1.165, 1.54) is 0 Å². The van der Waals surface area contributed by atoms with Gasteiger partial charge in [0.25, 0.3) is 0 Å². The summed E-state index contributed by atoms with van der Waals surface area (Å²) in [5.41, 5.74) is 1.95. The lowest BCUT2D eigenvalue weighted by Gasteiger charge is -2.00. The summed E-state index contributed by atoms with van der Waals surface area (Å²) < 4.78 is -0.750. The molecule has 0 radical (unpaired) electrons. The molecule has 0 unspecified atom stereocenters. The number of rotatable bonds is 0. The van der Waals surface area contributed by atoms with Gasteiger partial charge in [0.1, 0.15) is 0 Å². The van der Waals surface area contributed by atoms with E-state index < -0.39 is 4.30 Å². The van der Waals surface area contributed by atoms with E-state index in [0.717, 1.165) is 21.8 Å². The number of nitrogens with zero attached hydrogens (tertiary/aromatic N) is 2. The number of hydrogen-bond donors (Lipinski definition) is 0.